The predicted octanol–water partition coefficient (Wildman–Crippen LogP) is 4.20. The molecule has 12 nitrogen and oxygen atoms in total. The number of hydrogen-bond acceptors (Lipinski definition) is 12. The highest BCUT2D eigenvalue weighted by Crippen LogP contribution is 2.48. The molecule has 4 aliphatic rings. The van der Waals surface area contributed by atoms with Crippen LogP contribution in [-0.2, 0) is 28.5 Å². The van der Waals surface area contributed by atoms with Crippen LogP contribution in [0.25, 0.3) is 11.1 Å². The van der Waals surface area contributed by atoms with Gasteiger partial charge in [0.05, 0.1) is 76.8 Å². The second-order valence-corrected chi connectivity index (χ2v) is 12.0. The summed E-state index contributed by atoms with van der Waals surface area (Å²) in [5.41, 5.74) is 2.03. The van der Waals surface area contributed by atoms with E-state index in [4.69, 9.17) is 28.4 Å². The Bertz CT molecular complexity index is 1740. The average Bonchev–Trinajstić information content (AvgIpc) is 3.07. The zero-order valence-corrected chi connectivity index (χ0v) is 27.3. The van der Waals surface area contributed by atoms with Crippen molar-refractivity contribution in [1.29, 1.82) is 0 Å². The van der Waals surface area contributed by atoms with Gasteiger partial charge in [0, 0.05) is 57.4 Å². The fraction of sp³-hybridized carbons (Fsp3) is 0.389. The largest absolute Gasteiger partial charge is 0.495 e. The summed E-state index contributed by atoms with van der Waals surface area (Å²) in [6.45, 7) is 3.30. The lowest BCUT2D eigenvalue weighted by Crippen LogP contribution is -2.38. The van der Waals surface area contributed by atoms with Crippen LogP contribution in [-0.4, -0.2) is 87.9 Å². The van der Waals surface area contributed by atoms with E-state index in [1.54, 1.807) is 26.0 Å². The van der Waals surface area contributed by atoms with Crippen LogP contribution in [0.15, 0.2) is 46.6 Å². The standard InChI is InChI=1S/C36H34O12/c1-15-27-23(11-17(47-15)13-25(37)43-3)31(39)21-9-7-19(35(45-5)29(21)33(27)41)20-8-10-22-30(36(20)46-6)34(42)28-16(2)48-18(14-26(38)44-4)12-24(28)32(22)40/h7-10,15-18H,11-14H2,1-6H3/t15-,16-,17-,18-/m0/s1. The van der Waals surface area contributed by atoms with Crippen LogP contribution in [0.4, 0.5) is 0 Å². The summed E-state index contributed by atoms with van der Waals surface area (Å²) in [7, 11) is 5.28. The predicted molar refractivity (Wildman–Crippen MR) is 168 cm³/mol. The van der Waals surface area contributed by atoms with Crippen molar-refractivity contribution in [2.45, 2.75) is 63.9 Å². The molecule has 0 aromatic heterocycles. The SMILES string of the molecule is COC(=O)C[C@@H]1CC2=C(C(=O)c3c(ccc(-c4ccc5c(c4OC)C(=O)C4=C(C[C@@H](CC(=O)OC)O[C@H]4C)C5=O)c3OC)C2=O)[C@H](C)O1. The molecule has 2 heterocycles. The molecule has 2 aromatic rings. The Morgan fingerprint density at radius 1 is 0.604 bits per heavy atom. The normalized spacial score (nSPS) is 23.2. The Labute approximate surface area is 275 Å². The van der Waals surface area contributed by atoms with Crippen LogP contribution in [0.2, 0.25) is 0 Å². The smallest absolute Gasteiger partial charge is 0.308 e. The third kappa shape index (κ3) is 5.15. The molecule has 250 valence electrons. The van der Waals surface area contributed by atoms with Gasteiger partial charge in [-0.05, 0) is 38.1 Å². The van der Waals surface area contributed by atoms with Gasteiger partial charge in [-0.15, -0.1) is 0 Å². The maximum atomic E-state index is 14.1. The van der Waals surface area contributed by atoms with Gasteiger partial charge in [0.15, 0.2) is 23.1 Å². The van der Waals surface area contributed by atoms with E-state index >= 15 is 0 Å². The van der Waals surface area contributed by atoms with E-state index in [0.29, 0.717) is 11.1 Å². The van der Waals surface area contributed by atoms with Gasteiger partial charge in [0.1, 0.15) is 11.5 Å². The van der Waals surface area contributed by atoms with Gasteiger partial charge in [-0.1, -0.05) is 0 Å². The van der Waals surface area contributed by atoms with Gasteiger partial charge < -0.3 is 28.4 Å². The number of carbonyl (C=O) groups is 6. The van der Waals surface area contributed by atoms with E-state index in [2.05, 4.69) is 0 Å². The van der Waals surface area contributed by atoms with E-state index in [0.717, 1.165) is 0 Å². The molecule has 2 aliphatic carbocycles. The Morgan fingerprint density at radius 2 is 0.958 bits per heavy atom. The second-order valence-electron chi connectivity index (χ2n) is 12.0. The lowest BCUT2D eigenvalue weighted by atomic mass is 9.75. The maximum Gasteiger partial charge on any atom is 0.308 e. The van der Waals surface area contributed by atoms with Gasteiger partial charge in [0.25, 0.3) is 0 Å². The number of benzene rings is 2. The highest BCUT2D eigenvalue weighted by Gasteiger charge is 2.45. The molecule has 0 radical (unpaired) electrons. The number of ketones is 4. The van der Waals surface area contributed by atoms with Gasteiger partial charge in [0.2, 0.25) is 0 Å². The quantitative estimate of drug-likeness (QED) is 0.391. The van der Waals surface area contributed by atoms with Crippen molar-refractivity contribution in [3.8, 4) is 22.6 Å². The molecule has 0 unspecified atom stereocenters. The number of fused-ring (bicyclic) bond motifs is 2. The van der Waals surface area contributed by atoms with Crippen LogP contribution in [0.1, 0.15) is 81.0 Å². The number of esters is 2. The fourth-order valence-electron chi connectivity index (χ4n) is 7.27. The molecule has 0 amide bonds. The molecule has 0 spiro atoms. The summed E-state index contributed by atoms with van der Waals surface area (Å²) in [6.07, 6.45) is -2.80. The highest BCUT2D eigenvalue weighted by molar-refractivity contribution is 6.30. The number of Topliss-reactive ketones (excluding diaryl/α,β-unsaturated/α-hetero) is 4. The Hall–Kier alpha value is -4.94. The van der Waals surface area contributed by atoms with E-state index in [-0.39, 0.29) is 93.3 Å². The summed E-state index contributed by atoms with van der Waals surface area (Å²) in [6, 6.07) is 6.27. The van der Waals surface area contributed by atoms with Crippen LogP contribution >= 0.6 is 0 Å². The third-order valence-corrected chi connectivity index (χ3v) is 9.36. The molecular weight excluding hydrogens is 624 g/mol. The monoisotopic (exact) mass is 658 g/mol. The van der Waals surface area contributed by atoms with Gasteiger partial charge >= 0.3 is 11.9 Å². The van der Waals surface area contributed by atoms with Crippen molar-refractivity contribution in [1.82, 2.24) is 0 Å². The Morgan fingerprint density at radius 3 is 1.29 bits per heavy atom. The topological polar surface area (TPSA) is 158 Å². The molecule has 2 aromatic carbocycles. The van der Waals surface area contributed by atoms with E-state index < -0.39 is 47.9 Å². The highest BCUT2D eigenvalue weighted by atomic mass is 16.5. The molecule has 0 N–H and O–H groups in total. The van der Waals surface area contributed by atoms with Gasteiger partial charge in [-0.3, -0.25) is 28.8 Å². The van der Waals surface area contributed by atoms with Crippen molar-refractivity contribution in [2.75, 3.05) is 28.4 Å². The van der Waals surface area contributed by atoms with Gasteiger partial charge in [-0.25, -0.2) is 0 Å². The van der Waals surface area contributed by atoms with Crippen molar-refractivity contribution < 1.29 is 57.2 Å². The summed E-state index contributed by atoms with van der Waals surface area (Å²) in [5, 5.41) is 0. The molecule has 0 bridgehead atoms. The molecule has 2 aliphatic heterocycles. The average molecular weight is 659 g/mol. The van der Waals surface area contributed by atoms with E-state index in [9.17, 15) is 28.8 Å². The number of rotatable bonds is 7. The van der Waals surface area contributed by atoms with Crippen molar-refractivity contribution in [2.24, 2.45) is 0 Å². The lowest BCUT2D eigenvalue weighted by Gasteiger charge is -2.35. The zero-order chi connectivity index (χ0) is 34.6. The molecule has 4 atom stereocenters. The first-order valence-electron chi connectivity index (χ1n) is 15.5. The fourth-order valence-corrected chi connectivity index (χ4v) is 7.27. The number of hydrogen-bond donors (Lipinski definition) is 0. The minimum atomic E-state index is -0.780. The number of carbonyl (C=O) groups excluding carboxylic acids is 6. The van der Waals surface area contributed by atoms with Crippen LogP contribution in [0.3, 0.4) is 0 Å². The first-order valence-corrected chi connectivity index (χ1v) is 15.5. The first kappa shape index (κ1) is 33.0. The zero-order valence-electron chi connectivity index (χ0n) is 27.3. The minimum Gasteiger partial charge on any atom is -0.495 e. The molecule has 0 fully saturated rings. The summed E-state index contributed by atoms with van der Waals surface area (Å²) < 4.78 is 33.0. The van der Waals surface area contributed by atoms with Crippen LogP contribution < -0.4 is 9.47 Å². The third-order valence-electron chi connectivity index (χ3n) is 9.36. The first-order chi connectivity index (χ1) is 22.9. The molecule has 0 saturated carbocycles. The van der Waals surface area contributed by atoms with Crippen LogP contribution in [0.5, 0.6) is 11.5 Å². The lowest BCUT2D eigenvalue weighted by molar-refractivity contribution is -0.145. The van der Waals surface area contributed by atoms with Gasteiger partial charge in [-0.2, -0.15) is 0 Å². The maximum absolute atomic E-state index is 14.1. The van der Waals surface area contributed by atoms with Crippen molar-refractivity contribution in [3.05, 3.63) is 68.8 Å². The Balaban J connectivity index is 1.43. The van der Waals surface area contributed by atoms with Crippen molar-refractivity contribution in [3.63, 3.8) is 0 Å². The Kier molecular flexibility index (Phi) is 8.65. The van der Waals surface area contributed by atoms with E-state index in [1.807, 2.05) is 0 Å². The minimum absolute atomic E-state index is 0.0405. The van der Waals surface area contributed by atoms with E-state index in [1.165, 1.54) is 40.6 Å². The summed E-state index contributed by atoms with van der Waals surface area (Å²) in [5.74, 6) is -2.43. The van der Waals surface area contributed by atoms with Crippen LogP contribution in [0, 0.1) is 0 Å². The summed E-state index contributed by atoms with van der Waals surface area (Å²) >= 11 is 0. The molecule has 48 heavy (non-hydrogen) atoms. The van der Waals surface area contributed by atoms with Crippen molar-refractivity contribution >= 4 is 35.1 Å². The second kappa shape index (κ2) is 12.6. The molecule has 0 saturated heterocycles. The number of ether oxygens (including phenoxy) is 6. The molecular formula is C36H34O12. The summed E-state index contributed by atoms with van der Waals surface area (Å²) in [4.78, 5) is 79.7. The molecule has 6 rings (SSSR count). The number of methoxy groups -OCH3 is 4. The molecule has 12 heteroatoms.